The van der Waals surface area contributed by atoms with E-state index in [0.717, 1.165) is 16.7 Å². The zero-order valence-corrected chi connectivity index (χ0v) is 10.6. The molecule has 0 aliphatic heterocycles. The van der Waals surface area contributed by atoms with Crippen LogP contribution < -0.4 is 5.73 Å². The van der Waals surface area contributed by atoms with Gasteiger partial charge in [0.2, 0.25) is 0 Å². The van der Waals surface area contributed by atoms with E-state index in [9.17, 15) is 5.11 Å². The zero-order valence-electron chi connectivity index (χ0n) is 10.6. The van der Waals surface area contributed by atoms with Crippen molar-refractivity contribution in [3.05, 3.63) is 71.3 Å². The molecule has 2 aromatic carbocycles. The van der Waals surface area contributed by atoms with Gasteiger partial charge in [-0.05, 0) is 30.0 Å². The molecule has 18 heavy (non-hydrogen) atoms. The quantitative estimate of drug-likeness (QED) is 0.864. The minimum atomic E-state index is -0.619. The number of benzene rings is 2. The van der Waals surface area contributed by atoms with Crippen LogP contribution in [0, 0.1) is 6.92 Å². The minimum Gasteiger partial charge on any atom is -0.387 e. The van der Waals surface area contributed by atoms with E-state index in [-0.39, 0.29) is 6.04 Å². The lowest BCUT2D eigenvalue weighted by Crippen LogP contribution is -2.31. The Morgan fingerprint density at radius 1 is 1.00 bits per heavy atom. The van der Waals surface area contributed by atoms with E-state index < -0.39 is 6.10 Å². The van der Waals surface area contributed by atoms with Crippen LogP contribution in [0.15, 0.2) is 54.6 Å². The maximum atomic E-state index is 10.3. The summed E-state index contributed by atoms with van der Waals surface area (Å²) in [6.45, 7) is 1.99. The van der Waals surface area contributed by atoms with Gasteiger partial charge in [0, 0.05) is 6.04 Å². The summed E-state index contributed by atoms with van der Waals surface area (Å²) in [6, 6.07) is 17.6. The Bertz CT molecular complexity index is 495. The van der Waals surface area contributed by atoms with Gasteiger partial charge in [0.1, 0.15) is 0 Å². The molecule has 2 aromatic rings. The lowest BCUT2D eigenvalue weighted by atomic mass is 9.94. The summed E-state index contributed by atoms with van der Waals surface area (Å²) in [5, 5.41) is 10.3. The smallest absolute Gasteiger partial charge is 0.0946 e. The first-order valence-electron chi connectivity index (χ1n) is 6.21. The molecule has 0 amide bonds. The summed E-state index contributed by atoms with van der Waals surface area (Å²) in [4.78, 5) is 0. The molecule has 2 rings (SSSR count). The van der Waals surface area contributed by atoms with Gasteiger partial charge in [-0.3, -0.25) is 0 Å². The normalized spacial score (nSPS) is 14.2. The molecule has 3 N–H and O–H groups in total. The maximum Gasteiger partial charge on any atom is 0.0946 e. The van der Waals surface area contributed by atoms with Crippen molar-refractivity contribution >= 4 is 0 Å². The third-order valence-corrected chi connectivity index (χ3v) is 3.23. The van der Waals surface area contributed by atoms with Crippen LogP contribution in [0.3, 0.4) is 0 Å². The molecule has 0 aliphatic rings. The molecule has 0 aromatic heterocycles. The van der Waals surface area contributed by atoms with Gasteiger partial charge in [-0.1, -0.05) is 54.6 Å². The Balaban J connectivity index is 2.10. The molecule has 0 radical (unpaired) electrons. The topological polar surface area (TPSA) is 46.2 Å². The summed E-state index contributed by atoms with van der Waals surface area (Å²) in [5.41, 5.74) is 9.25. The van der Waals surface area contributed by atoms with Crippen LogP contribution in [0.4, 0.5) is 0 Å². The summed E-state index contributed by atoms with van der Waals surface area (Å²) >= 11 is 0. The van der Waals surface area contributed by atoms with E-state index in [2.05, 4.69) is 0 Å². The Kier molecular flexibility index (Phi) is 4.13. The second-order valence-electron chi connectivity index (χ2n) is 4.66. The highest BCUT2D eigenvalue weighted by molar-refractivity contribution is 5.29. The minimum absolute atomic E-state index is 0.284. The highest BCUT2D eigenvalue weighted by atomic mass is 16.3. The third-order valence-electron chi connectivity index (χ3n) is 3.23. The molecule has 0 fully saturated rings. The van der Waals surface area contributed by atoms with Gasteiger partial charge >= 0.3 is 0 Å². The number of aliphatic hydroxyl groups excluding tert-OH is 1. The molecule has 0 spiro atoms. The van der Waals surface area contributed by atoms with Crippen LogP contribution in [0.5, 0.6) is 0 Å². The lowest BCUT2D eigenvalue weighted by Gasteiger charge is -2.20. The average molecular weight is 241 g/mol. The Morgan fingerprint density at radius 2 is 1.61 bits per heavy atom. The van der Waals surface area contributed by atoms with Gasteiger partial charge in [0.15, 0.2) is 0 Å². The van der Waals surface area contributed by atoms with Gasteiger partial charge in [-0.2, -0.15) is 0 Å². The van der Waals surface area contributed by atoms with Crippen molar-refractivity contribution < 1.29 is 5.11 Å². The van der Waals surface area contributed by atoms with Crippen LogP contribution >= 0.6 is 0 Å². The Morgan fingerprint density at radius 3 is 2.28 bits per heavy atom. The van der Waals surface area contributed by atoms with Crippen molar-refractivity contribution in [1.82, 2.24) is 0 Å². The SMILES string of the molecule is Cc1ccccc1C(O)C(N)Cc1ccccc1. The molecule has 0 saturated heterocycles. The Hall–Kier alpha value is -1.64. The molecular formula is C16H19NO. The van der Waals surface area contributed by atoms with Crippen LogP contribution in [0.25, 0.3) is 0 Å². The van der Waals surface area contributed by atoms with Crippen molar-refractivity contribution in [2.75, 3.05) is 0 Å². The first-order valence-corrected chi connectivity index (χ1v) is 6.21. The van der Waals surface area contributed by atoms with Gasteiger partial charge < -0.3 is 10.8 Å². The van der Waals surface area contributed by atoms with Gasteiger partial charge in [-0.25, -0.2) is 0 Å². The molecule has 2 nitrogen and oxygen atoms in total. The molecule has 94 valence electrons. The fraction of sp³-hybridized carbons (Fsp3) is 0.250. The van der Waals surface area contributed by atoms with Gasteiger partial charge in [0.05, 0.1) is 6.10 Å². The fourth-order valence-electron chi connectivity index (χ4n) is 2.15. The van der Waals surface area contributed by atoms with Crippen molar-refractivity contribution in [3.63, 3.8) is 0 Å². The Labute approximate surface area is 108 Å². The number of nitrogens with two attached hydrogens (primary N) is 1. The highest BCUT2D eigenvalue weighted by Gasteiger charge is 2.18. The second kappa shape index (κ2) is 5.80. The number of rotatable bonds is 4. The van der Waals surface area contributed by atoms with Crippen molar-refractivity contribution in [1.29, 1.82) is 0 Å². The fourth-order valence-corrected chi connectivity index (χ4v) is 2.15. The lowest BCUT2D eigenvalue weighted by molar-refractivity contribution is 0.145. The standard InChI is InChI=1S/C16H19NO/c1-12-7-5-6-10-14(12)16(18)15(17)11-13-8-3-2-4-9-13/h2-10,15-16,18H,11,17H2,1H3. The summed E-state index contributed by atoms with van der Waals surface area (Å²) in [5.74, 6) is 0. The van der Waals surface area contributed by atoms with Crippen molar-refractivity contribution in [3.8, 4) is 0 Å². The molecule has 2 atom stereocenters. The largest absolute Gasteiger partial charge is 0.387 e. The molecule has 2 heteroatoms. The second-order valence-corrected chi connectivity index (χ2v) is 4.66. The van der Waals surface area contributed by atoms with E-state index in [1.807, 2.05) is 61.5 Å². The molecule has 0 aliphatic carbocycles. The number of hydrogen-bond acceptors (Lipinski definition) is 2. The highest BCUT2D eigenvalue weighted by Crippen LogP contribution is 2.21. The molecule has 2 unspecified atom stereocenters. The van der Waals surface area contributed by atoms with E-state index >= 15 is 0 Å². The first-order chi connectivity index (χ1) is 8.68. The van der Waals surface area contributed by atoms with Crippen molar-refractivity contribution in [2.24, 2.45) is 5.73 Å². The summed E-state index contributed by atoms with van der Waals surface area (Å²) in [7, 11) is 0. The summed E-state index contributed by atoms with van der Waals surface area (Å²) in [6.07, 6.45) is 0.0579. The predicted molar refractivity (Wildman–Crippen MR) is 74.3 cm³/mol. The molecule has 0 bridgehead atoms. The summed E-state index contributed by atoms with van der Waals surface area (Å²) < 4.78 is 0. The molecule has 0 saturated carbocycles. The monoisotopic (exact) mass is 241 g/mol. The number of hydrogen-bond donors (Lipinski definition) is 2. The predicted octanol–water partition coefficient (Wildman–Crippen LogP) is 2.60. The molecule has 0 heterocycles. The van der Waals surface area contributed by atoms with E-state index in [1.165, 1.54) is 0 Å². The number of aliphatic hydroxyl groups is 1. The van der Waals surface area contributed by atoms with Gasteiger partial charge in [0.25, 0.3) is 0 Å². The first kappa shape index (κ1) is 12.8. The molecular weight excluding hydrogens is 222 g/mol. The average Bonchev–Trinajstić information content (AvgIpc) is 2.39. The van der Waals surface area contributed by atoms with Crippen LogP contribution in [0.2, 0.25) is 0 Å². The van der Waals surface area contributed by atoms with Crippen molar-refractivity contribution in [2.45, 2.75) is 25.5 Å². The van der Waals surface area contributed by atoms with E-state index in [0.29, 0.717) is 6.42 Å². The zero-order chi connectivity index (χ0) is 13.0. The third kappa shape index (κ3) is 2.97. The maximum absolute atomic E-state index is 10.3. The van der Waals surface area contributed by atoms with Gasteiger partial charge in [-0.15, -0.1) is 0 Å². The van der Waals surface area contributed by atoms with Crippen LogP contribution in [-0.4, -0.2) is 11.1 Å². The van der Waals surface area contributed by atoms with E-state index in [1.54, 1.807) is 0 Å². The van der Waals surface area contributed by atoms with Crippen LogP contribution in [0.1, 0.15) is 22.8 Å². The number of aryl methyl sites for hydroxylation is 1. The van der Waals surface area contributed by atoms with E-state index in [4.69, 9.17) is 5.73 Å². The van der Waals surface area contributed by atoms with Crippen LogP contribution in [-0.2, 0) is 6.42 Å².